The summed E-state index contributed by atoms with van der Waals surface area (Å²) in [5.74, 6) is -0.351. The van der Waals surface area contributed by atoms with Gasteiger partial charge in [0.25, 0.3) is 5.91 Å². The van der Waals surface area contributed by atoms with Gasteiger partial charge in [0.05, 0.1) is 5.69 Å². The number of nitrogens with two attached hydrogens (primary N) is 1. The van der Waals surface area contributed by atoms with Crippen LogP contribution >= 0.6 is 0 Å². The number of carbonyl (C=O) groups is 1. The molecule has 0 saturated heterocycles. The van der Waals surface area contributed by atoms with E-state index < -0.39 is 5.82 Å². The lowest BCUT2D eigenvalue weighted by Gasteiger charge is -2.20. The number of amides is 1. The topological polar surface area (TPSA) is 55.1 Å². The van der Waals surface area contributed by atoms with Crippen LogP contribution in [0.5, 0.6) is 0 Å². The molecule has 94 valence electrons. The molecule has 17 heavy (non-hydrogen) atoms. The van der Waals surface area contributed by atoms with E-state index in [0.717, 1.165) is 6.42 Å². The van der Waals surface area contributed by atoms with Crippen molar-refractivity contribution in [2.45, 2.75) is 33.2 Å². The first-order valence-electron chi connectivity index (χ1n) is 5.81. The first-order chi connectivity index (χ1) is 7.95. The monoisotopic (exact) mass is 238 g/mol. The minimum atomic E-state index is -0.502. The largest absolute Gasteiger partial charge is 0.396 e. The molecule has 1 unspecified atom stereocenters. The number of benzene rings is 1. The predicted molar refractivity (Wildman–Crippen MR) is 67.2 cm³/mol. The molecule has 4 heteroatoms. The van der Waals surface area contributed by atoms with Gasteiger partial charge in [-0.1, -0.05) is 20.8 Å². The summed E-state index contributed by atoms with van der Waals surface area (Å²) >= 11 is 0. The molecule has 1 aromatic rings. The Morgan fingerprint density at radius 1 is 1.47 bits per heavy atom. The molecule has 1 atom stereocenters. The quantitative estimate of drug-likeness (QED) is 0.792. The van der Waals surface area contributed by atoms with Gasteiger partial charge in [0.15, 0.2) is 0 Å². The molecule has 0 spiro atoms. The van der Waals surface area contributed by atoms with Crippen molar-refractivity contribution in [2.24, 2.45) is 5.92 Å². The molecule has 0 fully saturated rings. The highest BCUT2D eigenvalue weighted by Gasteiger charge is 2.15. The van der Waals surface area contributed by atoms with E-state index >= 15 is 0 Å². The molecule has 0 bridgehead atoms. The highest BCUT2D eigenvalue weighted by Crippen LogP contribution is 2.13. The second-order valence-corrected chi connectivity index (χ2v) is 4.47. The fraction of sp³-hybridized carbons (Fsp3) is 0.462. The number of nitrogens with one attached hydrogen (secondary N) is 1. The highest BCUT2D eigenvalue weighted by molar-refractivity contribution is 5.95. The van der Waals surface area contributed by atoms with Crippen LogP contribution in [0.3, 0.4) is 0 Å². The zero-order chi connectivity index (χ0) is 13.0. The van der Waals surface area contributed by atoms with Crippen molar-refractivity contribution in [1.82, 2.24) is 5.32 Å². The zero-order valence-corrected chi connectivity index (χ0v) is 10.5. The number of hydrogen-bond donors (Lipinski definition) is 2. The summed E-state index contributed by atoms with van der Waals surface area (Å²) in [4.78, 5) is 11.9. The Balaban J connectivity index is 2.79. The van der Waals surface area contributed by atoms with E-state index in [-0.39, 0.29) is 17.6 Å². The molecule has 0 saturated carbocycles. The van der Waals surface area contributed by atoms with Gasteiger partial charge in [0.2, 0.25) is 0 Å². The maximum atomic E-state index is 13.0. The Hall–Kier alpha value is -1.58. The van der Waals surface area contributed by atoms with Gasteiger partial charge in [-0.3, -0.25) is 4.79 Å². The van der Waals surface area contributed by atoms with Gasteiger partial charge >= 0.3 is 0 Å². The minimum Gasteiger partial charge on any atom is -0.396 e. The van der Waals surface area contributed by atoms with Crippen LogP contribution in [0.25, 0.3) is 0 Å². The van der Waals surface area contributed by atoms with Crippen LogP contribution in [0.1, 0.15) is 37.6 Å². The molecule has 0 radical (unpaired) electrons. The molecule has 1 aromatic carbocycles. The van der Waals surface area contributed by atoms with E-state index in [1.54, 1.807) is 0 Å². The van der Waals surface area contributed by atoms with Gasteiger partial charge < -0.3 is 11.1 Å². The van der Waals surface area contributed by atoms with Gasteiger partial charge in [0, 0.05) is 11.6 Å². The van der Waals surface area contributed by atoms with Crippen LogP contribution in [0.15, 0.2) is 18.2 Å². The lowest BCUT2D eigenvalue weighted by molar-refractivity contribution is 0.0924. The molecular weight excluding hydrogens is 219 g/mol. The summed E-state index contributed by atoms with van der Waals surface area (Å²) in [6.45, 7) is 6.12. The molecule has 0 aromatic heterocycles. The molecular formula is C13H19FN2O. The first-order valence-corrected chi connectivity index (χ1v) is 5.81. The van der Waals surface area contributed by atoms with Crippen LogP contribution in [-0.4, -0.2) is 11.9 Å². The second kappa shape index (κ2) is 5.66. The average molecular weight is 238 g/mol. The molecule has 3 nitrogen and oxygen atoms in total. The van der Waals surface area contributed by atoms with E-state index in [4.69, 9.17) is 5.73 Å². The second-order valence-electron chi connectivity index (χ2n) is 4.47. The van der Waals surface area contributed by atoms with Crippen molar-refractivity contribution in [2.75, 3.05) is 5.73 Å². The Bertz CT molecular complexity index is 404. The van der Waals surface area contributed by atoms with Crippen molar-refractivity contribution < 1.29 is 9.18 Å². The molecule has 0 aliphatic heterocycles. The molecule has 1 rings (SSSR count). The summed E-state index contributed by atoms with van der Waals surface area (Å²) < 4.78 is 13.0. The standard InChI is InChI=1S/C13H19FN2O/c1-4-12(8(2)3)16-13(17)9-5-6-10(14)11(15)7-9/h5-8,12H,4,15H2,1-3H3,(H,16,17). The van der Waals surface area contributed by atoms with Gasteiger partial charge in [-0.2, -0.15) is 0 Å². The Morgan fingerprint density at radius 3 is 2.59 bits per heavy atom. The summed E-state index contributed by atoms with van der Waals surface area (Å²) in [6.07, 6.45) is 0.861. The van der Waals surface area contributed by atoms with Crippen molar-refractivity contribution in [1.29, 1.82) is 0 Å². The van der Waals surface area contributed by atoms with E-state index in [9.17, 15) is 9.18 Å². The van der Waals surface area contributed by atoms with Gasteiger partial charge in [-0.15, -0.1) is 0 Å². The third-order valence-electron chi connectivity index (χ3n) is 2.82. The molecule has 0 heterocycles. The van der Waals surface area contributed by atoms with Crippen molar-refractivity contribution in [3.63, 3.8) is 0 Å². The normalized spacial score (nSPS) is 12.5. The van der Waals surface area contributed by atoms with Crippen molar-refractivity contribution in [3.8, 4) is 0 Å². The average Bonchev–Trinajstić information content (AvgIpc) is 2.28. The third kappa shape index (κ3) is 3.44. The Kier molecular flexibility index (Phi) is 4.49. The van der Waals surface area contributed by atoms with Crippen LogP contribution in [0.2, 0.25) is 0 Å². The lowest BCUT2D eigenvalue weighted by Crippen LogP contribution is -2.38. The first kappa shape index (κ1) is 13.5. The molecule has 0 aliphatic carbocycles. The SMILES string of the molecule is CCC(NC(=O)c1ccc(F)c(N)c1)C(C)C. The number of halogens is 1. The van der Waals surface area contributed by atoms with Crippen LogP contribution in [0.4, 0.5) is 10.1 Å². The summed E-state index contributed by atoms with van der Waals surface area (Å²) in [5.41, 5.74) is 5.81. The van der Waals surface area contributed by atoms with Crippen LogP contribution < -0.4 is 11.1 Å². The lowest BCUT2D eigenvalue weighted by atomic mass is 10.0. The summed E-state index contributed by atoms with van der Waals surface area (Å²) in [5, 5.41) is 2.91. The van der Waals surface area contributed by atoms with Gasteiger partial charge in [0.1, 0.15) is 5.82 Å². The molecule has 0 aliphatic rings. The smallest absolute Gasteiger partial charge is 0.251 e. The van der Waals surface area contributed by atoms with E-state index in [1.165, 1.54) is 18.2 Å². The van der Waals surface area contributed by atoms with Gasteiger partial charge in [-0.05, 0) is 30.5 Å². The maximum Gasteiger partial charge on any atom is 0.251 e. The van der Waals surface area contributed by atoms with Crippen molar-refractivity contribution in [3.05, 3.63) is 29.6 Å². The number of rotatable bonds is 4. The fourth-order valence-electron chi connectivity index (χ4n) is 1.68. The third-order valence-corrected chi connectivity index (χ3v) is 2.82. The van der Waals surface area contributed by atoms with E-state index in [1.807, 2.05) is 20.8 Å². The van der Waals surface area contributed by atoms with Crippen LogP contribution in [-0.2, 0) is 0 Å². The van der Waals surface area contributed by atoms with E-state index in [0.29, 0.717) is 11.5 Å². The highest BCUT2D eigenvalue weighted by atomic mass is 19.1. The number of anilines is 1. The number of nitrogen functional groups attached to an aromatic ring is 1. The number of hydrogen-bond acceptors (Lipinski definition) is 2. The molecule has 1 amide bonds. The van der Waals surface area contributed by atoms with E-state index in [2.05, 4.69) is 5.32 Å². The Labute approximate surface area is 101 Å². The van der Waals surface area contributed by atoms with Gasteiger partial charge in [-0.25, -0.2) is 4.39 Å². The minimum absolute atomic E-state index is 0.00440. The summed E-state index contributed by atoms with van der Waals surface area (Å²) in [6, 6.07) is 4.13. The van der Waals surface area contributed by atoms with Crippen LogP contribution in [0, 0.1) is 11.7 Å². The zero-order valence-electron chi connectivity index (χ0n) is 10.5. The fourth-order valence-corrected chi connectivity index (χ4v) is 1.68. The van der Waals surface area contributed by atoms with Crippen molar-refractivity contribution >= 4 is 11.6 Å². The number of carbonyl (C=O) groups excluding carboxylic acids is 1. The maximum absolute atomic E-state index is 13.0. The summed E-state index contributed by atoms with van der Waals surface area (Å²) in [7, 11) is 0. The Morgan fingerprint density at radius 2 is 2.12 bits per heavy atom. The predicted octanol–water partition coefficient (Wildman–Crippen LogP) is 2.57. The molecule has 3 N–H and O–H groups in total.